The molecule has 0 bridgehead atoms. The Balaban J connectivity index is 1.44. The van der Waals surface area contributed by atoms with Crippen molar-refractivity contribution in [2.24, 2.45) is 0 Å². The zero-order valence-corrected chi connectivity index (χ0v) is 17.3. The quantitative estimate of drug-likeness (QED) is 0.524. The number of carbonyl (C=O) groups is 1. The van der Waals surface area contributed by atoms with Crippen molar-refractivity contribution in [2.75, 3.05) is 6.54 Å². The van der Waals surface area contributed by atoms with Crippen molar-refractivity contribution in [2.45, 2.75) is 27.2 Å². The summed E-state index contributed by atoms with van der Waals surface area (Å²) in [6.45, 7) is 6.29. The van der Waals surface area contributed by atoms with Gasteiger partial charge >= 0.3 is 0 Å². The number of carbonyl (C=O) groups excluding carboxylic acids is 1. The van der Waals surface area contributed by atoms with E-state index in [1.165, 1.54) is 10.4 Å². The average Bonchev–Trinajstić information content (AvgIpc) is 3.43. The fraction of sp³-hybridized carbons (Fsp3) is 0.238. The minimum atomic E-state index is -0.109. The Hall–Kier alpha value is -3.26. The Labute approximate surface area is 172 Å². The maximum Gasteiger partial charge on any atom is 0.254 e. The van der Waals surface area contributed by atoms with Gasteiger partial charge in [-0.3, -0.25) is 4.79 Å². The third kappa shape index (κ3) is 4.12. The molecule has 148 valence electrons. The number of hydrogen-bond acceptors (Lipinski definition) is 6. The van der Waals surface area contributed by atoms with Crippen LogP contribution in [0.25, 0.3) is 17.1 Å². The molecule has 0 fully saturated rings. The first-order valence-corrected chi connectivity index (χ1v) is 10.2. The number of amides is 1. The van der Waals surface area contributed by atoms with E-state index < -0.39 is 0 Å². The molecule has 0 radical (unpaired) electrons. The first-order chi connectivity index (χ1) is 14.0. The molecule has 8 heteroatoms. The molecule has 1 aromatic carbocycles. The normalized spacial score (nSPS) is 11.0. The average molecular weight is 407 g/mol. The van der Waals surface area contributed by atoms with E-state index in [1.807, 2.05) is 31.2 Å². The van der Waals surface area contributed by atoms with Gasteiger partial charge in [0.05, 0.1) is 16.9 Å². The Kier molecular flexibility index (Phi) is 5.26. The highest BCUT2D eigenvalue weighted by Gasteiger charge is 2.14. The maximum absolute atomic E-state index is 12.6. The number of rotatable bonds is 6. The molecule has 0 aliphatic carbocycles. The zero-order valence-electron chi connectivity index (χ0n) is 16.5. The van der Waals surface area contributed by atoms with Crippen LogP contribution in [-0.4, -0.2) is 32.4 Å². The second kappa shape index (κ2) is 8.00. The monoisotopic (exact) mass is 407 g/mol. The van der Waals surface area contributed by atoms with Crippen molar-refractivity contribution in [3.63, 3.8) is 0 Å². The van der Waals surface area contributed by atoms with E-state index in [0.29, 0.717) is 29.5 Å². The summed E-state index contributed by atoms with van der Waals surface area (Å²) < 4.78 is 6.73. The first-order valence-electron chi connectivity index (χ1n) is 9.30. The minimum Gasteiger partial charge on any atom is -0.352 e. The summed E-state index contributed by atoms with van der Waals surface area (Å²) in [5.41, 5.74) is 4.24. The molecule has 1 N–H and O–H groups in total. The van der Waals surface area contributed by atoms with Crippen LogP contribution in [-0.2, 0) is 6.42 Å². The van der Waals surface area contributed by atoms with Gasteiger partial charge in [-0.2, -0.15) is 10.1 Å². The molecule has 29 heavy (non-hydrogen) atoms. The molecule has 0 aliphatic heterocycles. The fourth-order valence-corrected chi connectivity index (χ4v) is 3.95. The highest BCUT2D eigenvalue weighted by atomic mass is 32.1. The second-order valence-electron chi connectivity index (χ2n) is 6.79. The van der Waals surface area contributed by atoms with Crippen LogP contribution in [0.5, 0.6) is 0 Å². The lowest BCUT2D eigenvalue weighted by molar-refractivity contribution is 0.0953. The van der Waals surface area contributed by atoms with Gasteiger partial charge in [0.2, 0.25) is 11.7 Å². The highest BCUT2D eigenvalue weighted by Crippen LogP contribution is 2.19. The topological polar surface area (TPSA) is 85.8 Å². The van der Waals surface area contributed by atoms with Crippen molar-refractivity contribution in [3.05, 3.63) is 69.5 Å². The van der Waals surface area contributed by atoms with E-state index in [-0.39, 0.29) is 5.91 Å². The molecule has 0 saturated heterocycles. The van der Waals surface area contributed by atoms with Crippen LogP contribution < -0.4 is 5.32 Å². The smallest absolute Gasteiger partial charge is 0.254 e. The van der Waals surface area contributed by atoms with Gasteiger partial charge in [0.25, 0.3) is 5.91 Å². The number of nitrogens with zero attached hydrogens (tertiary/aromatic N) is 4. The van der Waals surface area contributed by atoms with Crippen LogP contribution in [0.15, 0.2) is 46.4 Å². The van der Waals surface area contributed by atoms with Gasteiger partial charge in [-0.05, 0) is 61.5 Å². The standard InChI is InChI=1S/C21H21N5O2S/c1-13-9-11-29-19(13)8-10-22-21(27)18-12-26(24-14(18)2)17-6-4-16(5-7-17)20-23-15(3)28-25-20/h4-7,9,11-12H,8,10H2,1-3H3,(H,22,27). The van der Waals surface area contributed by atoms with E-state index in [2.05, 4.69) is 38.9 Å². The van der Waals surface area contributed by atoms with Crippen LogP contribution in [0.4, 0.5) is 0 Å². The predicted molar refractivity (Wildman–Crippen MR) is 111 cm³/mol. The minimum absolute atomic E-state index is 0.109. The number of nitrogens with one attached hydrogen (secondary N) is 1. The zero-order chi connectivity index (χ0) is 20.4. The lowest BCUT2D eigenvalue weighted by atomic mass is 10.2. The third-order valence-corrected chi connectivity index (χ3v) is 5.75. The van der Waals surface area contributed by atoms with Gasteiger partial charge < -0.3 is 9.84 Å². The van der Waals surface area contributed by atoms with Crippen molar-refractivity contribution in [3.8, 4) is 17.1 Å². The molecule has 4 aromatic rings. The Morgan fingerprint density at radius 2 is 1.97 bits per heavy atom. The molecule has 0 saturated carbocycles. The predicted octanol–water partition coefficient (Wildman–Crippen LogP) is 3.88. The molecule has 3 heterocycles. The molecule has 3 aromatic heterocycles. The Morgan fingerprint density at radius 3 is 2.62 bits per heavy atom. The van der Waals surface area contributed by atoms with Crippen molar-refractivity contribution in [1.29, 1.82) is 0 Å². The largest absolute Gasteiger partial charge is 0.352 e. The lowest BCUT2D eigenvalue weighted by Gasteiger charge is -2.04. The summed E-state index contributed by atoms with van der Waals surface area (Å²) in [6, 6.07) is 9.73. The molecule has 1 amide bonds. The van der Waals surface area contributed by atoms with Gasteiger partial charge in [-0.1, -0.05) is 5.16 Å². The number of aryl methyl sites for hydroxylation is 3. The molecule has 4 rings (SSSR count). The number of aromatic nitrogens is 4. The van der Waals surface area contributed by atoms with Crippen LogP contribution in [0.2, 0.25) is 0 Å². The molecular weight excluding hydrogens is 386 g/mol. The summed E-state index contributed by atoms with van der Waals surface area (Å²) >= 11 is 1.72. The van der Waals surface area contributed by atoms with Crippen LogP contribution in [0.1, 0.15) is 32.4 Å². The molecular formula is C21H21N5O2S. The van der Waals surface area contributed by atoms with Crippen LogP contribution >= 0.6 is 11.3 Å². The van der Waals surface area contributed by atoms with Crippen LogP contribution in [0, 0.1) is 20.8 Å². The second-order valence-corrected chi connectivity index (χ2v) is 7.79. The van der Waals surface area contributed by atoms with Gasteiger partial charge in [-0.15, -0.1) is 11.3 Å². The molecule has 0 spiro atoms. The molecule has 7 nitrogen and oxygen atoms in total. The van der Waals surface area contributed by atoms with Crippen molar-refractivity contribution >= 4 is 17.2 Å². The Bertz CT molecular complexity index is 1140. The van der Waals surface area contributed by atoms with E-state index in [4.69, 9.17) is 4.52 Å². The van der Waals surface area contributed by atoms with Crippen molar-refractivity contribution in [1.82, 2.24) is 25.2 Å². The van der Waals surface area contributed by atoms with E-state index >= 15 is 0 Å². The van der Waals surface area contributed by atoms with Gasteiger partial charge in [0, 0.05) is 30.1 Å². The first kappa shape index (κ1) is 19.1. The number of thiophene rings is 1. The summed E-state index contributed by atoms with van der Waals surface area (Å²) in [4.78, 5) is 18.1. The van der Waals surface area contributed by atoms with Crippen molar-refractivity contribution < 1.29 is 9.32 Å². The van der Waals surface area contributed by atoms with Gasteiger partial charge in [0.15, 0.2) is 0 Å². The Morgan fingerprint density at radius 1 is 1.17 bits per heavy atom. The van der Waals surface area contributed by atoms with E-state index in [9.17, 15) is 4.79 Å². The van der Waals surface area contributed by atoms with E-state index in [0.717, 1.165) is 17.7 Å². The summed E-state index contributed by atoms with van der Waals surface area (Å²) in [6.07, 6.45) is 2.59. The summed E-state index contributed by atoms with van der Waals surface area (Å²) in [7, 11) is 0. The summed E-state index contributed by atoms with van der Waals surface area (Å²) in [5, 5.41) is 13.5. The SMILES string of the molecule is Cc1nc(-c2ccc(-n3cc(C(=O)NCCc4sccc4C)c(C)n3)cc2)no1. The number of benzene rings is 1. The lowest BCUT2D eigenvalue weighted by Crippen LogP contribution is -2.25. The highest BCUT2D eigenvalue weighted by molar-refractivity contribution is 7.10. The molecule has 0 atom stereocenters. The molecule has 0 aliphatic rings. The van der Waals surface area contributed by atoms with Gasteiger partial charge in [0.1, 0.15) is 0 Å². The fourth-order valence-electron chi connectivity index (χ4n) is 3.04. The summed E-state index contributed by atoms with van der Waals surface area (Å²) in [5.74, 6) is 0.963. The van der Waals surface area contributed by atoms with Gasteiger partial charge in [-0.25, -0.2) is 4.68 Å². The van der Waals surface area contributed by atoms with E-state index in [1.54, 1.807) is 29.1 Å². The maximum atomic E-state index is 12.6. The number of hydrogen-bond donors (Lipinski definition) is 1. The molecule has 0 unspecified atom stereocenters. The van der Waals surface area contributed by atoms with Crippen LogP contribution in [0.3, 0.4) is 0 Å². The third-order valence-electron chi connectivity index (χ3n) is 4.67.